The molecule has 0 atom stereocenters. The normalized spacial score (nSPS) is 11.3. The van der Waals surface area contributed by atoms with Crippen molar-refractivity contribution in [2.75, 3.05) is 6.26 Å². The predicted octanol–water partition coefficient (Wildman–Crippen LogP) is 2.99. The summed E-state index contributed by atoms with van der Waals surface area (Å²) in [7, 11) is -3.26. The van der Waals surface area contributed by atoms with Gasteiger partial charge in [0.2, 0.25) is 0 Å². The third-order valence-electron chi connectivity index (χ3n) is 2.52. The number of benzene rings is 1. The van der Waals surface area contributed by atoms with Crippen molar-refractivity contribution in [1.29, 1.82) is 0 Å². The zero-order valence-corrected chi connectivity index (χ0v) is 13.2. The highest BCUT2D eigenvalue weighted by molar-refractivity contribution is 7.99. The van der Waals surface area contributed by atoms with Crippen LogP contribution in [0.2, 0.25) is 5.15 Å². The molecule has 110 valence electrons. The van der Waals surface area contributed by atoms with E-state index in [-0.39, 0.29) is 20.6 Å². The minimum atomic E-state index is -3.26. The van der Waals surface area contributed by atoms with Gasteiger partial charge in [-0.3, -0.25) is 0 Å². The van der Waals surface area contributed by atoms with Gasteiger partial charge in [0.1, 0.15) is 10.2 Å². The van der Waals surface area contributed by atoms with Crippen LogP contribution in [-0.4, -0.2) is 30.7 Å². The van der Waals surface area contributed by atoms with Crippen molar-refractivity contribution in [3.63, 3.8) is 0 Å². The Balaban J connectivity index is 2.34. The van der Waals surface area contributed by atoms with Crippen LogP contribution in [0.15, 0.2) is 51.2 Å². The third kappa shape index (κ3) is 3.96. The van der Waals surface area contributed by atoms with E-state index in [1.165, 1.54) is 24.3 Å². The molecule has 0 aliphatic rings. The number of carbonyl (C=O) groups is 1. The maximum Gasteiger partial charge on any atom is 0.338 e. The smallest absolute Gasteiger partial charge is 0.338 e. The van der Waals surface area contributed by atoms with E-state index < -0.39 is 15.8 Å². The van der Waals surface area contributed by atoms with Crippen LogP contribution in [0.1, 0.15) is 10.4 Å². The van der Waals surface area contributed by atoms with Crippen LogP contribution in [0.5, 0.6) is 0 Å². The minimum Gasteiger partial charge on any atom is -0.478 e. The molecule has 2 aromatic rings. The van der Waals surface area contributed by atoms with Gasteiger partial charge >= 0.3 is 5.97 Å². The van der Waals surface area contributed by atoms with E-state index in [1.54, 1.807) is 12.1 Å². The summed E-state index contributed by atoms with van der Waals surface area (Å²) in [6, 6.07) is 8.89. The zero-order valence-electron chi connectivity index (χ0n) is 10.8. The third-order valence-corrected chi connectivity index (χ3v) is 4.87. The average molecular weight is 344 g/mol. The fraction of sp³-hybridized carbons (Fsp3) is 0.0769. The molecule has 1 aromatic heterocycles. The van der Waals surface area contributed by atoms with Crippen LogP contribution in [0, 0.1) is 0 Å². The van der Waals surface area contributed by atoms with Crippen LogP contribution >= 0.6 is 23.4 Å². The number of pyridine rings is 1. The standard InChI is InChI=1S/C13H10ClNO4S2/c1-21(18,19)9-4-2-8(3-5-9)20-12-10(13(16)17)6-7-11(14)15-12/h2-7H,1H3,(H,16,17). The molecule has 21 heavy (non-hydrogen) atoms. The lowest BCUT2D eigenvalue weighted by Crippen LogP contribution is -2.01. The highest BCUT2D eigenvalue weighted by Gasteiger charge is 2.14. The Bertz CT molecular complexity index is 788. The van der Waals surface area contributed by atoms with Gasteiger partial charge in [0.05, 0.1) is 10.5 Å². The summed E-state index contributed by atoms with van der Waals surface area (Å²) in [5.74, 6) is -1.10. The molecule has 1 heterocycles. The fourth-order valence-electron chi connectivity index (χ4n) is 1.52. The summed E-state index contributed by atoms with van der Waals surface area (Å²) in [4.78, 5) is 16.0. The Morgan fingerprint density at radius 1 is 1.19 bits per heavy atom. The van der Waals surface area contributed by atoms with Crippen LogP contribution in [-0.2, 0) is 9.84 Å². The van der Waals surface area contributed by atoms with Crippen molar-refractivity contribution in [2.24, 2.45) is 0 Å². The van der Waals surface area contributed by atoms with Crippen LogP contribution in [0.3, 0.4) is 0 Å². The van der Waals surface area contributed by atoms with Crippen LogP contribution < -0.4 is 0 Å². The lowest BCUT2D eigenvalue weighted by Gasteiger charge is -2.06. The van der Waals surface area contributed by atoms with Gasteiger partial charge in [0, 0.05) is 11.2 Å². The second kappa shape index (κ2) is 6.05. The molecule has 0 aliphatic carbocycles. The summed E-state index contributed by atoms with van der Waals surface area (Å²) in [5.41, 5.74) is 0.0385. The van der Waals surface area contributed by atoms with E-state index in [1.807, 2.05) is 0 Å². The topological polar surface area (TPSA) is 84.3 Å². The van der Waals surface area contributed by atoms with Crippen molar-refractivity contribution in [3.8, 4) is 0 Å². The molecule has 1 aromatic carbocycles. The van der Waals surface area contributed by atoms with Gasteiger partial charge in [-0.2, -0.15) is 0 Å². The molecule has 0 spiro atoms. The number of aromatic carboxylic acids is 1. The number of halogens is 1. The van der Waals surface area contributed by atoms with Crippen molar-refractivity contribution in [1.82, 2.24) is 4.98 Å². The summed E-state index contributed by atoms with van der Waals surface area (Å²) < 4.78 is 22.8. The molecular weight excluding hydrogens is 334 g/mol. The monoisotopic (exact) mass is 343 g/mol. The molecule has 0 fully saturated rings. The number of rotatable bonds is 4. The molecule has 0 amide bonds. The molecule has 0 bridgehead atoms. The Morgan fingerprint density at radius 2 is 1.81 bits per heavy atom. The van der Waals surface area contributed by atoms with Gasteiger partial charge in [0.25, 0.3) is 0 Å². The lowest BCUT2D eigenvalue weighted by atomic mass is 10.3. The van der Waals surface area contributed by atoms with E-state index in [4.69, 9.17) is 16.7 Å². The Labute approximate surface area is 130 Å². The molecule has 0 saturated carbocycles. The predicted molar refractivity (Wildman–Crippen MR) is 79.9 cm³/mol. The van der Waals surface area contributed by atoms with Gasteiger partial charge in [0.15, 0.2) is 9.84 Å². The second-order valence-electron chi connectivity index (χ2n) is 4.14. The van der Waals surface area contributed by atoms with Crippen LogP contribution in [0.4, 0.5) is 0 Å². The molecule has 1 N–H and O–H groups in total. The average Bonchev–Trinajstić information content (AvgIpc) is 2.38. The molecule has 8 heteroatoms. The molecule has 2 rings (SSSR count). The molecular formula is C13H10ClNO4S2. The Hall–Kier alpha value is -1.57. The summed E-state index contributed by atoms with van der Waals surface area (Å²) in [5, 5.41) is 9.55. The first-order valence-corrected chi connectivity index (χ1v) is 8.74. The fourth-order valence-corrected chi connectivity index (χ4v) is 3.26. The van der Waals surface area contributed by atoms with Crippen molar-refractivity contribution < 1.29 is 18.3 Å². The summed E-state index contributed by atoms with van der Waals surface area (Å²) in [6.45, 7) is 0. The summed E-state index contributed by atoms with van der Waals surface area (Å²) in [6.07, 6.45) is 1.12. The van der Waals surface area contributed by atoms with E-state index in [9.17, 15) is 13.2 Å². The highest BCUT2D eigenvalue weighted by Crippen LogP contribution is 2.30. The maximum absolute atomic E-state index is 11.4. The van der Waals surface area contributed by atoms with Gasteiger partial charge in [-0.05, 0) is 36.4 Å². The highest BCUT2D eigenvalue weighted by atomic mass is 35.5. The van der Waals surface area contributed by atoms with Crippen molar-refractivity contribution in [2.45, 2.75) is 14.8 Å². The number of hydrogen-bond acceptors (Lipinski definition) is 5. The van der Waals surface area contributed by atoms with Gasteiger partial charge in [-0.1, -0.05) is 23.4 Å². The van der Waals surface area contributed by atoms with Crippen molar-refractivity contribution >= 4 is 39.2 Å². The van der Waals surface area contributed by atoms with Gasteiger partial charge in [-0.15, -0.1) is 0 Å². The maximum atomic E-state index is 11.4. The van der Waals surface area contributed by atoms with Gasteiger partial charge < -0.3 is 5.11 Å². The molecule has 0 radical (unpaired) electrons. The van der Waals surface area contributed by atoms with Crippen molar-refractivity contribution in [3.05, 3.63) is 47.1 Å². The Morgan fingerprint density at radius 3 is 2.33 bits per heavy atom. The molecule has 5 nitrogen and oxygen atoms in total. The lowest BCUT2D eigenvalue weighted by molar-refractivity contribution is 0.0692. The first-order chi connectivity index (χ1) is 9.77. The number of nitrogens with zero attached hydrogens (tertiary/aromatic N) is 1. The number of aromatic nitrogens is 1. The second-order valence-corrected chi connectivity index (χ2v) is 7.60. The van der Waals surface area contributed by atoms with E-state index in [0.717, 1.165) is 18.0 Å². The van der Waals surface area contributed by atoms with E-state index in [0.29, 0.717) is 4.90 Å². The number of sulfone groups is 1. The van der Waals surface area contributed by atoms with Crippen LogP contribution in [0.25, 0.3) is 0 Å². The minimum absolute atomic E-state index is 0.0385. The van der Waals surface area contributed by atoms with E-state index in [2.05, 4.69) is 4.98 Å². The first-order valence-electron chi connectivity index (χ1n) is 5.65. The quantitative estimate of drug-likeness (QED) is 0.859. The Kier molecular flexibility index (Phi) is 4.55. The molecule has 0 unspecified atom stereocenters. The summed E-state index contributed by atoms with van der Waals surface area (Å²) >= 11 is 6.88. The number of hydrogen-bond donors (Lipinski definition) is 1. The first kappa shape index (κ1) is 15.8. The van der Waals surface area contributed by atoms with E-state index >= 15 is 0 Å². The molecule has 0 aliphatic heterocycles. The number of carboxylic acid groups (broad SMARTS) is 1. The molecule has 0 saturated heterocycles. The van der Waals surface area contributed by atoms with Gasteiger partial charge in [-0.25, -0.2) is 18.2 Å². The number of carboxylic acids is 1. The zero-order chi connectivity index (χ0) is 15.6. The largest absolute Gasteiger partial charge is 0.478 e. The SMILES string of the molecule is CS(=O)(=O)c1ccc(Sc2nc(Cl)ccc2C(=O)O)cc1.